The Morgan fingerprint density at radius 3 is 1.88 bits per heavy atom. The van der Waals surface area contributed by atoms with E-state index >= 15 is 0 Å². The minimum absolute atomic E-state index is 0. The van der Waals surface area contributed by atoms with E-state index in [-0.39, 0.29) is 25.6 Å². The number of hydrogen-bond donors (Lipinski definition) is 0. The zero-order valence-corrected chi connectivity index (χ0v) is 6.49. The van der Waals surface area contributed by atoms with Gasteiger partial charge in [-0.3, -0.25) is 0 Å². The van der Waals surface area contributed by atoms with Gasteiger partial charge in [-0.05, 0) is 0 Å². The molecular formula is C6H14BLi. The van der Waals surface area contributed by atoms with Crippen molar-refractivity contribution in [2.75, 3.05) is 0 Å². The van der Waals surface area contributed by atoms with Crippen molar-refractivity contribution in [2.24, 2.45) is 0 Å². The monoisotopic (exact) mass is 104 g/mol. The maximum absolute atomic E-state index is 5.65. The van der Waals surface area contributed by atoms with Crippen molar-refractivity contribution in [3.8, 4) is 0 Å². The summed E-state index contributed by atoms with van der Waals surface area (Å²) in [6.07, 6.45) is 2.30. The standard InChI is InChI=1S/C6H13B.Li.H/c1-4-5-6(2,3)7;;/h4-5H2,1-3H3;;/q;+1;-1. The van der Waals surface area contributed by atoms with Crippen LogP contribution in [0.4, 0.5) is 0 Å². The molecular weight excluding hydrogens is 89.8 g/mol. The van der Waals surface area contributed by atoms with Crippen molar-refractivity contribution < 1.29 is 20.3 Å². The Hall–Kier alpha value is 0.662. The van der Waals surface area contributed by atoms with Crippen molar-refractivity contribution in [3.63, 3.8) is 0 Å². The first-order valence-corrected chi connectivity index (χ1v) is 2.85. The van der Waals surface area contributed by atoms with Crippen molar-refractivity contribution in [2.45, 2.75) is 38.9 Å². The Balaban J connectivity index is -0.000000180. The molecule has 0 atom stereocenters. The van der Waals surface area contributed by atoms with Crippen LogP contribution in [0, 0.1) is 0 Å². The van der Waals surface area contributed by atoms with E-state index in [4.69, 9.17) is 7.85 Å². The molecule has 0 saturated heterocycles. The Kier molecular flexibility index (Phi) is 6.49. The molecule has 2 heteroatoms. The molecule has 0 aliphatic carbocycles. The predicted molar refractivity (Wildman–Crippen MR) is 35.8 cm³/mol. The molecule has 0 heterocycles. The maximum atomic E-state index is 5.65. The molecule has 42 valence electrons. The van der Waals surface area contributed by atoms with Crippen LogP contribution in [-0.2, 0) is 0 Å². The van der Waals surface area contributed by atoms with Gasteiger partial charge in [0.15, 0.2) is 0 Å². The van der Waals surface area contributed by atoms with Gasteiger partial charge in [-0.1, -0.05) is 38.9 Å². The second-order valence-corrected chi connectivity index (χ2v) is 2.74. The third-order valence-corrected chi connectivity index (χ3v) is 0.894. The van der Waals surface area contributed by atoms with Gasteiger partial charge in [0.1, 0.15) is 0 Å². The molecule has 0 N–H and O–H groups in total. The summed E-state index contributed by atoms with van der Waals surface area (Å²) < 4.78 is 0. The molecule has 0 aliphatic rings. The quantitative estimate of drug-likeness (QED) is 0.405. The summed E-state index contributed by atoms with van der Waals surface area (Å²) in [5, 5.41) is 0.0503. The van der Waals surface area contributed by atoms with E-state index in [2.05, 4.69) is 20.8 Å². The molecule has 0 rings (SSSR count). The van der Waals surface area contributed by atoms with Gasteiger partial charge in [0.05, 0.1) is 7.85 Å². The van der Waals surface area contributed by atoms with Gasteiger partial charge >= 0.3 is 18.9 Å². The normalized spacial score (nSPS) is 10.4. The molecule has 0 aromatic rings. The molecule has 0 aromatic carbocycles. The second kappa shape index (κ2) is 4.53. The minimum Gasteiger partial charge on any atom is -1.00 e. The van der Waals surface area contributed by atoms with Crippen LogP contribution in [0.25, 0.3) is 0 Å². The van der Waals surface area contributed by atoms with Crippen LogP contribution in [0.3, 0.4) is 0 Å². The molecule has 0 saturated carbocycles. The molecule has 0 aromatic heterocycles. The molecule has 0 spiro atoms. The molecule has 8 heavy (non-hydrogen) atoms. The van der Waals surface area contributed by atoms with E-state index in [1.54, 1.807) is 0 Å². The fraction of sp³-hybridized carbons (Fsp3) is 1.00. The van der Waals surface area contributed by atoms with Crippen molar-refractivity contribution in [3.05, 3.63) is 0 Å². The maximum Gasteiger partial charge on any atom is 1.00 e. The summed E-state index contributed by atoms with van der Waals surface area (Å²) in [5.74, 6) is 0. The van der Waals surface area contributed by atoms with Crippen LogP contribution in [-0.4, -0.2) is 7.85 Å². The summed E-state index contributed by atoms with van der Waals surface area (Å²) in [5.41, 5.74) is 0. The summed E-state index contributed by atoms with van der Waals surface area (Å²) in [6.45, 7) is 6.25. The van der Waals surface area contributed by atoms with E-state index in [9.17, 15) is 0 Å². The predicted octanol–water partition coefficient (Wildman–Crippen LogP) is -0.730. The SMILES string of the molecule is [B]C(C)(C)CCC.[H-].[Li+]. The van der Waals surface area contributed by atoms with Crippen LogP contribution in [0.2, 0.25) is 5.31 Å². The third-order valence-electron chi connectivity index (χ3n) is 0.894. The van der Waals surface area contributed by atoms with Crippen molar-refractivity contribution in [1.29, 1.82) is 0 Å². The molecule has 2 radical (unpaired) electrons. The summed E-state index contributed by atoms with van der Waals surface area (Å²) >= 11 is 0. The largest absolute Gasteiger partial charge is 1.00 e. The first-order chi connectivity index (χ1) is 3.06. The van der Waals surface area contributed by atoms with Gasteiger partial charge in [0.2, 0.25) is 0 Å². The fourth-order valence-electron chi connectivity index (χ4n) is 0.644. The van der Waals surface area contributed by atoms with Gasteiger partial charge in [0.25, 0.3) is 0 Å². The smallest absolute Gasteiger partial charge is 1.00 e. The van der Waals surface area contributed by atoms with Gasteiger partial charge in [0, 0.05) is 0 Å². The van der Waals surface area contributed by atoms with Crippen LogP contribution >= 0.6 is 0 Å². The second-order valence-electron chi connectivity index (χ2n) is 2.74. The van der Waals surface area contributed by atoms with Crippen LogP contribution < -0.4 is 18.9 Å². The van der Waals surface area contributed by atoms with Crippen LogP contribution in [0.15, 0.2) is 0 Å². The van der Waals surface area contributed by atoms with Crippen LogP contribution in [0.1, 0.15) is 35.0 Å². The summed E-state index contributed by atoms with van der Waals surface area (Å²) in [7, 11) is 5.65. The molecule has 0 nitrogen and oxygen atoms in total. The topological polar surface area (TPSA) is 0 Å². The Morgan fingerprint density at radius 2 is 1.88 bits per heavy atom. The molecule has 0 aliphatic heterocycles. The molecule has 0 unspecified atom stereocenters. The average Bonchev–Trinajstić information content (AvgIpc) is 1.30. The van der Waals surface area contributed by atoms with Gasteiger partial charge < -0.3 is 1.43 Å². The first-order valence-electron chi connectivity index (χ1n) is 2.85. The van der Waals surface area contributed by atoms with E-state index in [0.717, 1.165) is 6.42 Å². The summed E-state index contributed by atoms with van der Waals surface area (Å²) in [4.78, 5) is 0. The average molecular weight is 104 g/mol. The van der Waals surface area contributed by atoms with E-state index < -0.39 is 0 Å². The van der Waals surface area contributed by atoms with E-state index in [1.165, 1.54) is 6.42 Å². The van der Waals surface area contributed by atoms with Crippen molar-refractivity contribution >= 4 is 7.85 Å². The molecule has 0 bridgehead atoms. The van der Waals surface area contributed by atoms with Gasteiger partial charge in [-0.15, -0.1) is 0 Å². The van der Waals surface area contributed by atoms with Gasteiger partial charge in [-0.25, -0.2) is 0 Å². The zero-order valence-electron chi connectivity index (χ0n) is 7.49. The molecule has 0 amide bonds. The zero-order chi connectivity index (χ0) is 5.91. The Bertz CT molecular complexity index is 51.5. The number of rotatable bonds is 2. The number of hydrogen-bond acceptors (Lipinski definition) is 0. The Morgan fingerprint density at radius 1 is 1.50 bits per heavy atom. The van der Waals surface area contributed by atoms with E-state index in [0.29, 0.717) is 0 Å². The third kappa shape index (κ3) is 9.83. The first kappa shape index (κ1) is 11.5. The summed E-state index contributed by atoms with van der Waals surface area (Å²) in [6, 6.07) is 0. The van der Waals surface area contributed by atoms with Gasteiger partial charge in [-0.2, -0.15) is 0 Å². The van der Waals surface area contributed by atoms with Crippen LogP contribution in [0.5, 0.6) is 0 Å². The molecule has 0 fully saturated rings. The van der Waals surface area contributed by atoms with Crippen molar-refractivity contribution in [1.82, 2.24) is 0 Å². The fourth-order valence-corrected chi connectivity index (χ4v) is 0.644. The Labute approximate surface area is 67.5 Å². The van der Waals surface area contributed by atoms with E-state index in [1.807, 2.05) is 0 Å². The minimum atomic E-state index is 0.